The molecule has 0 aliphatic carbocycles. The Kier molecular flexibility index (Phi) is 5.68. The van der Waals surface area contributed by atoms with Crippen LogP contribution in [-0.2, 0) is 0 Å². The van der Waals surface area contributed by atoms with Crippen LogP contribution >= 0.6 is 12.4 Å². The third-order valence-electron chi connectivity index (χ3n) is 1.33. The van der Waals surface area contributed by atoms with Gasteiger partial charge in [-0.15, -0.1) is 16.8 Å². The standard InChI is InChI=1S/C6H5.C3H7.Al.ClH/c1-2-4-6-5-3-1;1-3-2;;/h1-5H;3H,1-2H3;;1H. The second-order valence-electron chi connectivity index (χ2n) is 2.82. The van der Waals surface area contributed by atoms with Gasteiger partial charge in [0.05, 0.1) is 0 Å². The van der Waals surface area contributed by atoms with Gasteiger partial charge >= 0.3 is 0 Å². The lowest BCUT2D eigenvalue weighted by Crippen LogP contribution is -2.15. The number of rotatable bonds is 2. The lowest BCUT2D eigenvalue weighted by atomic mass is 10.4. The molecule has 2 heteroatoms. The van der Waals surface area contributed by atoms with Gasteiger partial charge in [0.15, 0.2) is 0 Å². The number of hydrogen-bond acceptors (Lipinski definition) is 0. The third kappa shape index (κ3) is 4.48. The summed E-state index contributed by atoms with van der Waals surface area (Å²) in [5, 5.41) is 0. The molecular formula is C9H13AlCl. The van der Waals surface area contributed by atoms with Gasteiger partial charge in [-0.2, -0.15) is 0 Å². The summed E-state index contributed by atoms with van der Waals surface area (Å²) >= 11 is 0.492. The fourth-order valence-electron chi connectivity index (χ4n) is 0.949. The summed E-state index contributed by atoms with van der Waals surface area (Å²) in [5.41, 5.74) is 0. The minimum atomic E-state index is 0. The molecule has 0 fully saturated rings. The summed E-state index contributed by atoms with van der Waals surface area (Å²) < 4.78 is 2.37. The van der Waals surface area contributed by atoms with Crippen LogP contribution in [0.5, 0.6) is 0 Å². The van der Waals surface area contributed by atoms with Crippen molar-refractivity contribution in [1.29, 1.82) is 0 Å². The normalized spacial score (nSPS) is 9.00. The lowest BCUT2D eigenvalue weighted by Gasteiger charge is -2.00. The van der Waals surface area contributed by atoms with E-state index in [4.69, 9.17) is 0 Å². The first-order chi connectivity index (χ1) is 4.79. The molecule has 0 atom stereocenters. The van der Waals surface area contributed by atoms with E-state index in [9.17, 15) is 0 Å². The van der Waals surface area contributed by atoms with Gasteiger partial charge in [0.1, 0.15) is 0 Å². The highest BCUT2D eigenvalue weighted by atomic mass is 35.5. The van der Waals surface area contributed by atoms with E-state index in [1.165, 1.54) is 4.43 Å². The SMILES string of the molecule is C[CH](C)[Al][c]1ccccc1.Cl. The maximum absolute atomic E-state index is 2.28. The molecule has 0 spiro atoms. The van der Waals surface area contributed by atoms with E-state index >= 15 is 0 Å². The molecule has 0 heterocycles. The first-order valence-electron chi connectivity index (χ1n) is 3.69. The maximum Gasteiger partial charge on any atom is 0.253 e. The quantitative estimate of drug-likeness (QED) is 0.618. The summed E-state index contributed by atoms with van der Waals surface area (Å²) in [5.74, 6) is 0. The van der Waals surface area contributed by atoms with Gasteiger partial charge in [-0.25, -0.2) is 0 Å². The summed E-state index contributed by atoms with van der Waals surface area (Å²) in [6.07, 6.45) is 0. The van der Waals surface area contributed by atoms with Crippen LogP contribution in [0.1, 0.15) is 13.8 Å². The monoisotopic (exact) mass is 183 g/mol. The number of halogens is 1. The summed E-state index contributed by atoms with van der Waals surface area (Å²) in [6.45, 7) is 4.56. The van der Waals surface area contributed by atoms with Crippen LogP contribution in [0, 0.1) is 0 Å². The molecule has 59 valence electrons. The summed E-state index contributed by atoms with van der Waals surface area (Å²) in [7, 11) is 0. The zero-order valence-corrected chi connectivity index (χ0v) is 8.92. The molecule has 0 N–H and O–H groups in total. The van der Waals surface area contributed by atoms with Crippen molar-refractivity contribution in [3.05, 3.63) is 30.3 Å². The van der Waals surface area contributed by atoms with E-state index in [1.54, 1.807) is 0 Å². The second-order valence-corrected chi connectivity index (χ2v) is 5.15. The average molecular weight is 184 g/mol. The third-order valence-corrected chi connectivity index (χ3v) is 2.76. The fraction of sp³-hybridized carbons (Fsp3) is 0.333. The second kappa shape index (κ2) is 5.66. The van der Waals surface area contributed by atoms with Crippen LogP contribution in [0.25, 0.3) is 0 Å². The zero-order valence-electron chi connectivity index (χ0n) is 6.95. The molecule has 1 rings (SSSR count). The molecule has 0 amide bonds. The predicted octanol–water partition coefficient (Wildman–Crippen LogP) is 2.27. The first kappa shape index (κ1) is 11.0. The topological polar surface area (TPSA) is 0 Å². The molecule has 0 aliphatic heterocycles. The smallest absolute Gasteiger partial charge is 0.147 e. The van der Waals surface area contributed by atoms with Crippen LogP contribution < -0.4 is 4.43 Å². The van der Waals surface area contributed by atoms with Crippen molar-refractivity contribution in [3.63, 3.8) is 0 Å². The van der Waals surface area contributed by atoms with Crippen LogP contribution in [0.4, 0.5) is 0 Å². The van der Waals surface area contributed by atoms with Crippen molar-refractivity contribution < 1.29 is 0 Å². The van der Waals surface area contributed by atoms with E-state index in [2.05, 4.69) is 44.2 Å². The molecule has 1 aromatic carbocycles. The van der Waals surface area contributed by atoms with E-state index < -0.39 is 0 Å². The molecule has 0 nitrogen and oxygen atoms in total. The Morgan fingerprint density at radius 1 is 1.09 bits per heavy atom. The predicted molar refractivity (Wildman–Crippen MR) is 54.2 cm³/mol. The lowest BCUT2D eigenvalue weighted by molar-refractivity contribution is 1.07. The van der Waals surface area contributed by atoms with Crippen molar-refractivity contribution in [1.82, 2.24) is 0 Å². The van der Waals surface area contributed by atoms with Gasteiger partial charge in [-0.1, -0.05) is 49.0 Å². The molecule has 0 saturated carbocycles. The van der Waals surface area contributed by atoms with Gasteiger partial charge in [-0.3, -0.25) is 0 Å². The molecule has 11 heavy (non-hydrogen) atoms. The fourth-order valence-corrected chi connectivity index (χ4v) is 2.16. The van der Waals surface area contributed by atoms with Gasteiger partial charge in [0.25, 0.3) is 15.2 Å². The molecular weight excluding hydrogens is 171 g/mol. The van der Waals surface area contributed by atoms with Crippen LogP contribution in [0.2, 0.25) is 4.78 Å². The van der Waals surface area contributed by atoms with Crippen LogP contribution in [0.3, 0.4) is 0 Å². The molecule has 1 radical (unpaired) electrons. The zero-order chi connectivity index (χ0) is 7.40. The van der Waals surface area contributed by atoms with Gasteiger partial charge < -0.3 is 0 Å². The van der Waals surface area contributed by atoms with Gasteiger partial charge in [0.2, 0.25) is 0 Å². The molecule has 0 bridgehead atoms. The number of benzene rings is 1. The van der Waals surface area contributed by atoms with E-state index in [0.29, 0.717) is 15.2 Å². The largest absolute Gasteiger partial charge is 0.253 e. The van der Waals surface area contributed by atoms with Gasteiger partial charge in [0, 0.05) is 0 Å². The Morgan fingerprint density at radius 3 is 2.09 bits per heavy atom. The van der Waals surface area contributed by atoms with E-state index in [0.717, 1.165) is 4.78 Å². The Bertz CT molecular complexity index is 184. The van der Waals surface area contributed by atoms with Crippen molar-refractivity contribution in [2.75, 3.05) is 0 Å². The van der Waals surface area contributed by atoms with Crippen molar-refractivity contribution in [2.45, 2.75) is 18.6 Å². The molecule has 0 aromatic heterocycles. The first-order valence-corrected chi connectivity index (χ1v) is 4.93. The van der Waals surface area contributed by atoms with E-state index in [1.807, 2.05) is 0 Å². The summed E-state index contributed by atoms with van der Waals surface area (Å²) in [6, 6.07) is 10.7. The highest BCUT2D eigenvalue weighted by Gasteiger charge is 1.98. The Hall–Kier alpha value is 0.0425. The van der Waals surface area contributed by atoms with Crippen molar-refractivity contribution >= 4 is 32.1 Å². The highest BCUT2D eigenvalue weighted by Crippen LogP contribution is 1.96. The maximum atomic E-state index is 2.28. The molecule has 1 aromatic rings. The summed E-state index contributed by atoms with van der Waals surface area (Å²) in [4.78, 5) is 0. The van der Waals surface area contributed by atoms with Crippen molar-refractivity contribution in [3.8, 4) is 0 Å². The molecule has 0 unspecified atom stereocenters. The van der Waals surface area contributed by atoms with Crippen molar-refractivity contribution in [2.24, 2.45) is 0 Å². The van der Waals surface area contributed by atoms with Crippen LogP contribution in [-0.4, -0.2) is 15.2 Å². The number of hydrogen-bond donors (Lipinski definition) is 0. The Labute approximate surface area is 81.1 Å². The molecule has 0 aliphatic rings. The average Bonchev–Trinajstić information content (AvgIpc) is 1.88. The Balaban J connectivity index is 0.000001000. The Morgan fingerprint density at radius 2 is 1.64 bits per heavy atom. The minimum Gasteiger partial charge on any atom is -0.147 e. The van der Waals surface area contributed by atoms with Gasteiger partial charge in [-0.05, 0) is 0 Å². The highest BCUT2D eigenvalue weighted by molar-refractivity contribution is 6.54. The minimum absolute atomic E-state index is 0. The van der Waals surface area contributed by atoms with E-state index in [-0.39, 0.29) is 12.4 Å². The van der Waals surface area contributed by atoms with Crippen LogP contribution in [0.15, 0.2) is 30.3 Å². The molecule has 0 saturated heterocycles.